The highest BCUT2D eigenvalue weighted by Crippen LogP contribution is 2.23. The molecule has 30 heavy (non-hydrogen) atoms. The number of ether oxygens (including phenoxy) is 2. The molecule has 0 radical (unpaired) electrons. The maximum absolute atomic E-state index is 12.0. The zero-order chi connectivity index (χ0) is 21.6. The summed E-state index contributed by atoms with van der Waals surface area (Å²) in [7, 11) is 1.37. The van der Waals surface area contributed by atoms with Crippen LogP contribution in [0.3, 0.4) is 0 Å². The smallest absolute Gasteiger partial charge is 0.337 e. The molecular formula is C25H31BrO4. The number of methoxy groups -OCH3 is 1. The van der Waals surface area contributed by atoms with Crippen LogP contribution in [-0.4, -0.2) is 24.4 Å². The normalized spacial score (nSPS) is 10.6. The second-order valence-electron chi connectivity index (χ2n) is 7.33. The zero-order valence-corrected chi connectivity index (χ0v) is 19.3. The van der Waals surface area contributed by atoms with E-state index < -0.39 is 0 Å². The lowest BCUT2D eigenvalue weighted by molar-refractivity contribution is -0.134. The van der Waals surface area contributed by atoms with Crippen molar-refractivity contribution in [2.45, 2.75) is 57.8 Å². The van der Waals surface area contributed by atoms with Crippen LogP contribution in [0.15, 0.2) is 48.5 Å². The van der Waals surface area contributed by atoms with Crippen molar-refractivity contribution < 1.29 is 19.1 Å². The molecule has 0 heterocycles. The van der Waals surface area contributed by atoms with Gasteiger partial charge in [0.2, 0.25) is 0 Å². The molecule has 0 aromatic heterocycles. The largest absolute Gasteiger partial charge is 0.465 e. The lowest BCUT2D eigenvalue weighted by Gasteiger charge is -2.07. The summed E-state index contributed by atoms with van der Waals surface area (Å²) in [6, 6.07) is 14.6. The number of hydrogen-bond donors (Lipinski definition) is 0. The molecule has 0 atom stereocenters. The van der Waals surface area contributed by atoms with Crippen LogP contribution < -0.4 is 4.74 Å². The molecule has 0 saturated heterocycles. The van der Waals surface area contributed by atoms with E-state index in [0.29, 0.717) is 17.7 Å². The summed E-state index contributed by atoms with van der Waals surface area (Å²) in [5, 5.41) is 1.10. The van der Waals surface area contributed by atoms with E-state index in [-0.39, 0.29) is 11.9 Å². The SMILES string of the molecule is COC(=O)c1ccc(-c2ccc(OC(=O)CCCCCCCCCCBr)cc2)cc1. The van der Waals surface area contributed by atoms with Gasteiger partial charge >= 0.3 is 11.9 Å². The predicted molar refractivity (Wildman–Crippen MR) is 124 cm³/mol. The molecule has 0 amide bonds. The molecule has 0 bridgehead atoms. The fraction of sp³-hybridized carbons (Fsp3) is 0.440. The number of esters is 2. The van der Waals surface area contributed by atoms with Crippen LogP contribution in [0.2, 0.25) is 0 Å². The summed E-state index contributed by atoms with van der Waals surface area (Å²) in [6.07, 6.45) is 10.0. The van der Waals surface area contributed by atoms with E-state index in [0.717, 1.165) is 29.3 Å². The molecule has 0 aliphatic carbocycles. The number of rotatable bonds is 13. The zero-order valence-electron chi connectivity index (χ0n) is 17.7. The van der Waals surface area contributed by atoms with E-state index in [1.165, 1.54) is 45.6 Å². The fourth-order valence-electron chi connectivity index (χ4n) is 3.24. The van der Waals surface area contributed by atoms with Crippen LogP contribution >= 0.6 is 15.9 Å². The molecule has 0 spiro atoms. The van der Waals surface area contributed by atoms with Gasteiger partial charge in [-0.2, -0.15) is 0 Å². The van der Waals surface area contributed by atoms with E-state index in [1.54, 1.807) is 24.3 Å². The van der Waals surface area contributed by atoms with Crippen molar-refractivity contribution in [1.82, 2.24) is 0 Å². The van der Waals surface area contributed by atoms with Crippen molar-refractivity contribution in [1.29, 1.82) is 0 Å². The van der Waals surface area contributed by atoms with Gasteiger partial charge in [0.1, 0.15) is 5.75 Å². The minimum Gasteiger partial charge on any atom is -0.465 e. The van der Waals surface area contributed by atoms with Crippen molar-refractivity contribution in [2.75, 3.05) is 12.4 Å². The minimum absolute atomic E-state index is 0.178. The van der Waals surface area contributed by atoms with Gasteiger partial charge in [0.15, 0.2) is 0 Å². The van der Waals surface area contributed by atoms with E-state index >= 15 is 0 Å². The quantitative estimate of drug-likeness (QED) is 0.136. The second kappa shape index (κ2) is 14.0. The number of halogens is 1. The number of carbonyl (C=O) groups excluding carboxylic acids is 2. The van der Waals surface area contributed by atoms with Gasteiger partial charge in [-0.3, -0.25) is 4.79 Å². The number of benzene rings is 2. The number of hydrogen-bond acceptors (Lipinski definition) is 4. The standard InChI is InChI=1S/C25H31BrO4/c1-29-25(28)22-13-11-20(12-14-22)21-15-17-23(18-16-21)30-24(27)10-8-6-4-2-3-5-7-9-19-26/h11-18H,2-10,19H2,1H3. The third-order valence-corrected chi connectivity index (χ3v) is 5.55. The molecule has 162 valence electrons. The molecule has 0 aliphatic rings. The summed E-state index contributed by atoms with van der Waals surface area (Å²) in [4.78, 5) is 23.5. The van der Waals surface area contributed by atoms with Gasteiger partial charge in [0, 0.05) is 11.8 Å². The molecule has 4 nitrogen and oxygen atoms in total. The molecule has 2 rings (SSSR count). The first-order valence-corrected chi connectivity index (χ1v) is 11.8. The Bertz CT molecular complexity index is 769. The van der Waals surface area contributed by atoms with Gasteiger partial charge in [0.25, 0.3) is 0 Å². The van der Waals surface area contributed by atoms with Crippen molar-refractivity contribution in [3.63, 3.8) is 0 Å². The van der Waals surface area contributed by atoms with Crippen molar-refractivity contribution in [2.24, 2.45) is 0 Å². The van der Waals surface area contributed by atoms with Crippen LogP contribution in [0, 0.1) is 0 Å². The van der Waals surface area contributed by atoms with Gasteiger partial charge in [-0.1, -0.05) is 78.7 Å². The van der Waals surface area contributed by atoms with Crippen molar-refractivity contribution in [3.8, 4) is 16.9 Å². The lowest BCUT2D eigenvalue weighted by atomic mass is 10.0. The minimum atomic E-state index is -0.353. The van der Waals surface area contributed by atoms with Gasteiger partial charge in [-0.05, 0) is 48.2 Å². The Balaban J connectivity index is 1.68. The number of unbranched alkanes of at least 4 members (excludes halogenated alkanes) is 7. The number of carbonyl (C=O) groups is 2. The Hall–Kier alpha value is -2.14. The average Bonchev–Trinajstić information content (AvgIpc) is 2.78. The van der Waals surface area contributed by atoms with Crippen molar-refractivity contribution >= 4 is 27.9 Å². The molecule has 2 aromatic carbocycles. The maximum Gasteiger partial charge on any atom is 0.337 e. The second-order valence-corrected chi connectivity index (χ2v) is 8.13. The summed E-state index contributed by atoms with van der Waals surface area (Å²) < 4.78 is 10.1. The molecule has 0 fully saturated rings. The summed E-state index contributed by atoms with van der Waals surface area (Å²) >= 11 is 3.46. The first kappa shape index (κ1) is 24.1. The van der Waals surface area contributed by atoms with Gasteiger partial charge in [-0.15, -0.1) is 0 Å². The summed E-state index contributed by atoms with van der Waals surface area (Å²) in [6.45, 7) is 0. The van der Waals surface area contributed by atoms with Gasteiger partial charge in [-0.25, -0.2) is 4.79 Å². The highest BCUT2D eigenvalue weighted by Gasteiger charge is 2.07. The predicted octanol–water partition coefficient (Wildman–Crippen LogP) is 6.95. The maximum atomic E-state index is 12.0. The third kappa shape index (κ3) is 8.70. The molecule has 0 unspecified atom stereocenters. The first-order chi connectivity index (χ1) is 14.6. The van der Waals surface area contributed by atoms with E-state index in [9.17, 15) is 9.59 Å². The highest BCUT2D eigenvalue weighted by atomic mass is 79.9. The Kier molecular flexibility index (Phi) is 11.2. The highest BCUT2D eigenvalue weighted by molar-refractivity contribution is 9.09. The Morgan fingerprint density at radius 3 is 1.77 bits per heavy atom. The van der Waals surface area contributed by atoms with Gasteiger partial charge < -0.3 is 9.47 Å². The Labute approximate surface area is 188 Å². The van der Waals surface area contributed by atoms with Crippen LogP contribution in [0.5, 0.6) is 5.75 Å². The summed E-state index contributed by atoms with van der Waals surface area (Å²) in [5.74, 6) is 0.0262. The molecule has 0 N–H and O–H groups in total. The molecule has 0 saturated carbocycles. The van der Waals surface area contributed by atoms with Crippen LogP contribution in [0.4, 0.5) is 0 Å². The Morgan fingerprint density at radius 1 is 0.733 bits per heavy atom. The van der Waals surface area contributed by atoms with E-state index in [1.807, 2.05) is 24.3 Å². The van der Waals surface area contributed by atoms with Crippen LogP contribution in [0.1, 0.15) is 68.1 Å². The molecule has 5 heteroatoms. The monoisotopic (exact) mass is 474 g/mol. The van der Waals surface area contributed by atoms with Crippen LogP contribution in [-0.2, 0) is 9.53 Å². The van der Waals surface area contributed by atoms with E-state index in [4.69, 9.17) is 9.47 Å². The first-order valence-electron chi connectivity index (χ1n) is 10.7. The van der Waals surface area contributed by atoms with Gasteiger partial charge in [0.05, 0.1) is 12.7 Å². The van der Waals surface area contributed by atoms with E-state index in [2.05, 4.69) is 15.9 Å². The number of alkyl halides is 1. The van der Waals surface area contributed by atoms with Crippen LogP contribution in [0.25, 0.3) is 11.1 Å². The molecule has 0 aliphatic heterocycles. The van der Waals surface area contributed by atoms with Crippen molar-refractivity contribution in [3.05, 3.63) is 54.1 Å². The summed E-state index contributed by atoms with van der Waals surface area (Å²) in [5.41, 5.74) is 2.48. The average molecular weight is 475 g/mol. The Morgan fingerprint density at radius 2 is 1.23 bits per heavy atom. The third-order valence-electron chi connectivity index (χ3n) is 4.99. The lowest BCUT2D eigenvalue weighted by Crippen LogP contribution is -2.07. The molecule has 2 aromatic rings. The topological polar surface area (TPSA) is 52.6 Å². The fourth-order valence-corrected chi connectivity index (χ4v) is 3.64. The molecular weight excluding hydrogens is 444 g/mol.